The lowest BCUT2D eigenvalue weighted by Crippen LogP contribution is -2.50. The summed E-state index contributed by atoms with van der Waals surface area (Å²) in [5.74, 6) is 0.796. The molecule has 3 rings (SSSR count). The fourth-order valence-electron chi connectivity index (χ4n) is 3.33. The molecular formula is C21H25BrN2O5S. The summed E-state index contributed by atoms with van der Waals surface area (Å²) in [6.07, 6.45) is 0. The topological polar surface area (TPSA) is 76.2 Å². The molecule has 0 atom stereocenters. The van der Waals surface area contributed by atoms with Gasteiger partial charge in [0.2, 0.25) is 10.0 Å². The molecule has 1 amide bonds. The molecule has 0 N–H and O–H groups in total. The molecule has 1 heterocycles. The summed E-state index contributed by atoms with van der Waals surface area (Å²) in [6, 6.07) is 8.44. The van der Waals surface area contributed by atoms with Crippen molar-refractivity contribution in [3.63, 3.8) is 0 Å². The van der Waals surface area contributed by atoms with Crippen molar-refractivity contribution >= 4 is 31.9 Å². The number of carbonyl (C=O) groups is 1. The summed E-state index contributed by atoms with van der Waals surface area (Å²) in [5.41, 5.74) is 2.41. The monoisotopic (exact) mass is 496 g/mol. The predicted octanol–water partition coefficient (Wildman–Crippen LogP) is 3.23. The molecule has 1 aliphatic rings. The van der Waals surface area contributed by atoms with E-state index in [1.165, 1.54) is 18.5 Å². The van der Waals surface area contributed by atoms with Crippen molar-refractivity contribution in [2.45, 2.75) is 18.7 Å². The van der Waals surface area contributed by atoms with Gasteiger partial charge in [0.25, 0.3) is 5.91 Å². The Balaban J connectivity index is 1.75. The molecule has 1 fully saturated rings. The Morgan fingerprint density at radius 2 is 1.50 bits per heavy atom. The van der Waals surface area contributed by atoms with E-state index in [-0.39, 0.29) is 23.9 Å². The molecular weight excluding hydrogens is 472 g/mol. The van der Waals surface area contributed by atoms with E-state index in [0.717, 1.165) is 11.1 Å². The molecule has 0 aromatic heterocycles. The van der Waals surface area contributed by atoms with E-state index in [2.05, 4.69) is 15.9 Å². The quantitative estimate of drug-likeness (QED) is 0.634. The minimum Gasteiger partial charge on any atom is -0.495 e. The number of ether oxygens (including phenoxy) is 2. The molecule has 1 saturated heterocycles. The number of benzene rings is 2. The first-order valence-corrected chi connectivity index (χ1v) is 11.7. The Kier molecular flexibility index (Phi) is 6.74. The maximum atomic E-state index is 13.0. The Labute approximate surface area is 185 Å². The van der Waals surface area contributed by atoms with Gasteiger partial charge in [0, 0.05) is 31.7 Å². The molecule has 0 bridgehead atoms. The van der Waals surface area contributed by atoms with E-state index in [1.54, 1.807) is 29.2 Å². The molecule has 1 aliphatic heterocycles. The summed E-state index contributed by atoms with van der Waals surface area (Å²) >= 11 is 3.39. The van der Waals surface area contributed by atoms with Gasteiger partial charge in [-0.2, -0.15) is 4.31 Å². The van der Waals surface area contributed by atoms with Crippen molar-refractivity contribution < 1.29 is 22.7 Å². The van der Waals surface area contributed by atoms with Gasteiger partial charge >= 0.3 is 0 Å². The normalized spacial score (nSPS) is 15.2. The second kappa shape index (κ2) is 8.95. The zero-order valence-electron chi connectivity index (χ0n) is 17.4. The lowest BCUT2D eigenvalue weighted by Gasteiger charge is -2.34. The van der Waals surface area contributed by atoms with Crippen LogP contribution in [-0.4, -0.2) is 63.9 Å². The average Bonchev–Trinajstić information content (AvgIpc) is 2.75. The SMILES string of the molecule is COc1cc(C(=O)N2CCN(S(=O)(=O)c3ccc(C)c(C)c3)CC2)cc(OC)c1Br. The number of hydrogen-bond donors (Lipinski definition) is 0. The summed E-state index contributed by atoms with van der Waals surface area (Å²) in [6.45, 7) is 4.94. The molecule has 7 nitrogen and oxygen atoms in total. The zero-order chi connectivity index (χ0) is 22.1. The number of nitrogens with zero attached hydrogens (tertiary/aromatic N) is 2. The minimum atomic E-state index is -3.59. The molecule has 0 saturated carbocycles. The average molecular weight is 497 g/mol. The van der Waals surface area contributed by atoms with Crippen LogP contribution in [0.4, 0.5) is 0 Å². The molecule has 2 aromatic rings. The van der Waals surface area contributed by atoms with E-state index in [9.17, 15) is 13.2 Å². The number of amides is 1. The van der Waals surface area contributed by atoms with E-state index in [1.807, 2.05) is 19.9 Å². The first kappa shape index (κ1) is 22.6. The Bertz CT molecular complexity index is 1040. The number of rotatable bonds is 5. The van der Waals surface area contributed by atoms with Gasteiger partial charge in [-0.1, -0.05) is 6.07 Å². The van der Waals surface area contributed by atoms with Crippen LogP contribution in [0.5, 0.6) is 11.5 Å². The van der Waals surface area contributed by atoms with Crippen LogP contribution < -0.4 is 9.47 Å². The first-order valence-electron chi connectivity index (χ1n) is 9.47. The maximum absolute atomic E-state index is 13.0. The number of methoxy groups -OCH3 is 2. The van der Waals surface area contributed by atoms with Gasteiger partial charge in [-0.05, 0) is 65.2 Å². The second-order valence-electron chi connectivity index (χ2n) is 7.14. The van der Waals surface area contributed by atoms with E-state index in [4.69, 9.17) is 9.47 Å². The highest BCUT2D eigenvalue weighted by Gasteiger charge is 2.31. The van der Waals surface area contributed by atoms with Gasteiger partial charge in [-0.15, -0.1) is 0 Å². The van der Waals surface area contributed by atoms with Crippen LogP contribution in [0.25, 0.3) is 0 Å². The Hall–Kier alpha value is -2.10. The number of aryl methyl sites for hydroxylation is 2. The molecule has 0 radical (unpaired) electrons. The van der Waals surface area contributed by atoms with Gasteiger partial charge in [0.05, 0.1) is 19.1 Å². The van der Waals surface area contributed by atoms with Gasteiger partial charge in [-0.3, -0.25) is 4.79 Å². The number of sulfonamides is 1. The summed E-state index contributed by atoms with van der Waals surface area (Å²) < 4.78 is 38.7. The van der Waals surface area contributed by atoms with Crippen LogP contribution in [0.15, 0.2) is 39.7 Å². The highest BCUT2D eigenvalue weighted by molar-refractivity contribution is 9.10. The number of piperazine rings is 1. The Morgan fingerprint density at radius 1 is 0.933 bits per heavy atom. The third-order valence-corrected chi connectivity index (χ3v) is 8.01. The molecule has 30 heavy (non-hydrogen) atoms. The van der Waals surface area contributed by atoms with Crippen molar-refractivity contribution in [2.24, 2.45) is 0 Å². The summed E-state index contributed by atoms with van der Waals surface area (Å²) in [5, 5.41) is 0. The van der Waals surface area contributed by atoms with Crippen LogP contribution in [0.2, 0.25) is 0 Å². The van der Waals surface area contributed by atoms with Crippen molar-refractivity contribution in [3.05, 3.63) is 51.5 Å². The fraction of sp³-hybridized carbons (Fsp3) is 0.381. The van der Waals surface area contributed by atoms with Crippen molar-refractivity contribution in [1.29, 1.82) is 0 Å². The predicted molar refractivity (Wildman–Crippen MR) is 118 cm³/mol. The maximum Gasteiger partial charge on any atom is 0.254 e. The number of carbonyl (C=O) groups excluding carboxylic acids is 1. The lowest BCUT2D eigenvalue weighted by molar-refractivity contribution is 0.0697. The van der Waals surface area contributed by atoms with Crippen LogP contribution in [0.1, 0.15) is 21.5 Å². The molecule has 2 aromatic carbocycles. The third-order valence-electron chi connectivity index (χ3n) is 5.33. The van der Waals surface area contributed by atoms with E-state index < -0.39 is 10.0 Å². The Morgan fingerprint density at radius 3 is 2.00 bits per heavy atom. The smallest absolute Gasteiger partial charge is 0.254 e. The van der Waals surface area contributed by atoms with Crippen LogP contribution in [-0.2, 0) is 10.0 Å². The molecule has 0 unspecified atom stereocenters. The largest absolute Gasteiger partial charge is 0.495 e. The lowest BCUT2D eigenvalue weighted by atomic mass is 10.1. The minimum absolute atomic E-state index is 0.192. The van der Waals surface area contributed by atoms with Gasteiger partial charge < -0.3 is 14.4 Å². The second-order valence-corrected chi connectivity index (χ2v) is 9.87. The fourth-order valence-corrected chi connectivity index (χ4v) is 5.39. The van der Waals surface area contributed by atoms with E-state index >= 15 is 0 Å². The standard InChI is InChI=1S/C21H25BrN2O5S/c1-14-5-6-17(11-15(14)2)30(26,27)24-9-7-23(8-10-24)21(25)16-12-18(28-3)20(22)19(13-16)29-4/h5-6,11-13H,7-10H2,1-4H3. The summed E-state index contributed by atoms with van der Waals surface area (Å²) in [7, 11) is -0.557. The zero-order valence-corrected chi connectivity index (χ0v) is 19.8. The molecule has 0 spiro atoms. The van der Waals surface area contributed by atoms with Crippen LogP contribution in [0.3, 0.4) is 0 Å². The highest BCUT2D eigenvalue weighted by Crippen LogP contribution is 2.36. The van der Waals surface area contributed by atoms with Crippen molar-refractivity contribution in [2.75, 3.05) is 40.4 Å². The van der Waals surface area contributed by atoms with Crippen LogP contribution in [0, 0.1) is 13.8 Å². The highest BCUT2D eigenvalue weighted by atomic mass is 79.9. The molecule has 0 aliphatic carbocycles. The number of halogens is 1. The van der Waals surface area contributed by atoms with Crippen LogP contribution >= 0.6 is 15.9 Å². The third kappa shape index (κ3) is 4.33. The van der Waals surface area contributed by atoms with Gasteiger partial charge in [-0.25, -0.2) is 8.42 Å². The molecule has 162 valence electrons. The van der Waals surface area contributed by atoms with Crippen molar-refractivity contribution in [3.8, 4) is 11.5 Å². The van der Waals surface area contributed by atoms with E-state index in [0.29, 0.717) is 34.6 Å². The summed E-state index contributed by atoms with van der Waals surface area (Å²) in [4.78, 5) is 14.9. The van der Waals surface area contributed by atoms with Gasteiger partial charge in [0.1, 0.15) is 16.0 Å². The van der Waals surface area contributed by atoms with Crippen molar-refractivity contribution in [1.82, 2.24) is 9.21 Å². The van der Waals surface area contributed by atoms with Gasteiger partial charge in [0.15, 0.2) is 0 Å². The molecule has 9 heteroatoms. The first-order chi connectivity index (χ1) is 14.2. The number of hydrogen-bond acceptors (Lipinski definition) is 5.